The van der Waals surface area contributed by atoms with Crippen molar-refractivity contribution in [3.63, 3.8) is 0 Å². The summed E-state index contributed by atoms with van der Waals surface area (Å²) < 4.78 is 10.7. The van der Waals surface area contributed by atoms with E-state index in [2.05, 4.69) is 6.92 Å². The highest BCUT2D eigenvalue weighted by molar-refractivity contribution is 7.12. The Kier molecular flexibility index (Phi) is 4.58. The van der Waals surface area contributed by atoms with E-state index in [0.717, 1.165) is 12.2 Å². The van der Waals surface area contributed by atoms with Gasteiger partial charge in [0.25, 0.3) is 0 Å². The minimum absolute atomic E-state index is 0.0195. The summed E-state index contributed by atoms with van der Waals surface area (Å²) in [7, 11) is 1.57. The van der Waals surface area contributed by atoms with Crippen LogP contribution in [0.15, 0.2) is 35.7 Å². The highest BCUT2D eigenvalue weighted by Crippen LogP contribution is 2.27. The van der Waals surface area contributed by atoms with Crippen LogP contribution in [-0.2, 0) is 0 Å². The van der Waals surface area contributed by atoms with Gasteiger partial charge in [-0.3, -0.25) is 4.79 Å². The van der Waals surface area contributed by atoms with Crippen LogP contribution < -0.4 is 9.47 Å². The van der Waals surface area contributed by atoms with Crippen molar-refractivity contribution in [2.45, 2.75) is 13.3 Å². The number of hydrogen-bond acceptors (Lipinski definition) is 4. The molecule has 0 saturated heterocycles. The van der Waals surface area contributed by atoms with Crippen LogP contribution in [0.1, 0.15) is 28.6 Å². The second kappa shape index (κ2) is 6.38. The van der Waals surface area contributed by atoms with E-state index >= 15 is 0 Å². The van der Waals surface area contributed by atoms with Crippen molar-refractivity contribution in [2.75, 3.05) is 13.7 Å². The maximum Gasteiger partial charge on any atom is 0.206 e. The fraction of sp³-hybridized carbons (Fsp3) is 0.267. The minimum atomic E-state index is -0.0195. The molecule has 0 aliphatic carbocycles. The molecule has 0 spiro atoms. The first kappa shape index (κ1) is 13.6. The maximum atomic E-state index is 12.3. The zero-order chi connectivity index (χ0) is 13.7. The summed E-state index contributed by atoms with van der Waals surface area (Å²) in [4.78, 5) is 12.9. The lowest BCUT2D eigenvalue weighted by atomic mass is 10.1. The van der Waals surface area contributed by atoms with Gasteiger partial charge < -0.3 is 9.47 Å². The summed E-state index contributed by atoms with van der Waals surface area (Å²) in [6.07, 6.45) is 0.965. The van der Waals surface area contributed by atoms with E-state index in [0.29, 0.717) is 22.8 Å². The predicted molar refractivity (Wildman–Crippen MR) is 76.5 cm³/mol. The average molecular weight is 276 g/mol. The molecule has 2 aromatic rings. The first-order valence-electron chi connectivity index (χ1n) is 6.15. The Morgan fingerprint density at radius 3 is 2.58 bits per heavy atom. The van der Waals surface area contributed by atoms with Gasteiger partial charge in [0.05, 0.1) is 13.7 Å². The van der Waals surface area contributed by atoms with Crippen molar-refractivity contribution in [3.8, 4) is 11.5 Å². The smallest absolute Gasteiger partial charge is 0.206 e. The molecule has 0 radical (unpaired) electrons. The lowest BCUT2D eigenvalue weighted by Gasteiger charge is -2.06. The van der Waals surface area contributed by atoms with Gasteiger partial charge in [-0.2, -0.15) is 0 Å². The normalized spacial score (nSPS) is 10.2. The van der Waals surface area contributed by atoms with Crippen LogP contribution in [0.25, 0.3) is 0 Å². The number of benzene rings is 1. The lowest BCUT2D eigenvalue weighted by Crippen LogP contribution is -2.01. The van der Waals surface area contributed by atoms with Gasteiger partial charge in [0, 0.05) is 5.56 Å². The molecule has 0 amide bonds. The van der Waals surface area contributed by atoms with Crippen LogP contribution in [0.4, 0.5) is 0 Å². The number of carbonyl (C=O) groups is 1. The molecule has 1 heterocycles. The van der Waals surface area contributed by atoms with E-state index in [1.54, 1.807) is 25.3 Å². The van der Waals surface area contributed by atoms with Gasteiger partial charge in [-0.1, -0.05) is 6.92 Å². The Balaban J connectivity index is 2.16. The molecule has 1 aromatic heterocycles. The van der Waals surface area contributed by atoms with Gasteiger partial charge >= 0.3 is 0 Å². The molecule has 4 heteroatoms. The molecule has 2 rings (SSSR count). The molecule has 19 heavy (non-hydrogen) atoms. The van der Waals surface area contributed by atoms with Crippen LogP contribution in [0.3, 0.4) is 0 Å². The summed E-state index contributed by atoms with van der Waals surface area (Å²) in [5.41, 5.74) is 0.643. The highest BCUT2D eigenvalue weighted by atomic mass is 32.1. The number of hydrogen-bond donors (Lipinski definition) is 0. The summed E-state index contributed by atoms with van der Waals surface area (Å²) in [6, 6.07) is 9.02. The van der Waals surface area contributed by atoms with E-state index < -0.39 is 0 Å². The van der Waals surface area contributed by atoms with E-state index in [1.807, 2.05) is 17.5 Å². The molecule has 100 valence electrons. The summed E-state index contributed by atoms with van der Waals surface area (Å²) in [5.74, 6) is 1.40. The molecule has 0 fully saturated rings. The summed E-state index contributed by atoms with van der Waals surface area (Å²) in [5, 5.41) is 1.85. The topological polar surface area (TPSA) is 35.5 Å². The van der Waals surface area contributed by atoms with Crippen molar-refractivity contribution in [1.29, 1.82) is 0 Å². The van der Waals surface area contributed by atoms with Crippen molar-refractivity contribution in [3.05, 3.63) is 46.2 Å². The minimum Gasteiger partial charge on any atom is -0.495 e. The second-order valence-corrected chi connectivity index (χ2v) is 4.94. The standard InChI is InChI=1S/C15H16O3S/c1-3-9-18-12-6-4-11(5-7-12)14(16)15-13(17-2)8-10-19-15/h4-8,10H,3,9H2,1-2H3. The van der Waals surface area contributed by atoms with Crippen molar-refractivity contribution in [2.24, 2.45) is 0 Å². The SMILES string of the molecule is CCCOc1ccc(C(=O)c2sccc2OC)cc1. The third kappa shape index (κ3) is 3.15. The number of methoxy groups -OCH3 is 1. The molecule has 0 saturated carbocycles. The number of ether oxygens (including phenoxy) is 2. The fourth-order valence-electron chi connectivity index (χ4n) is 1.68. The van der Waals surface area contributed by atoms with Crippen LogP contribution in [-0.4, -0.2) is 19.5 Å². The average Bonchev–Trinajstić information content (AvgIpc) is 2.93. The number of rotatable bonds is 6. The Bertz CT molecular complexity index is 543. The van der Waals surface area contributed by atoms with Gasteiger partial charge in [0.2, 0.25) is 5.78 Å². The molecular weight excluding hydrogens is 260 g/mol. The largest absolute Gasteiger partial charge is 0.495 e. The molecular formula is C15H16O3S. The summed E-state index contributed by atoms with van der Waals surface area (Å²) in [6.45, 7) is 2.74. The zero-order valence-corrected chi connectivity index (χ0v) is 11.8. The molecule has 0 aliphatic rings. The quantitative estimate of drug-likeness (QED) is 0.753. The van der Waals surface area contributed by atoms with Crippen LogP contribution in [0.5, 0.6) is 11.5 Å². The Labute approximate surface area is 116 Å². The molecule has 0 atom stereocenters. The third-order valence-electron chi connectivity index (χ3n) is 2.64. The van der Waals surface area contributed by atoms with Gasteiger partial charge in [-0.05, 0) is 42.1 Å². The van der Waals surface area contributed by atoms with Crippen LogP contribution in [0.2, 0.25) is 0 Å². The summed E-state index contributed by atoms with van der Waals surface area (Å²) >= 11 is 1.39. The molecule has 0 bridgehead atoms. The van der Waals surface area contributed by atoms with Gasteiger partial charge in [0.1, 0.15) is 16.4 Å². The number of carbonyl (C=O) groups excluding carboxylic acids is 1. The Morgan fingerprint density at radius 1 is 1.21 bits per heavy atom. The van der Waals surface area contributed by atoms with Crippen molar-refractivity contribution in [1.82, 2.24) is 0 Å². The van der Waals surface area contributed by atoms with Gasteiger partial charge in [0.15, 0.2) is 0 Å². The first-order chi connectivity index (χ1) is 9.26. The fourth-order valence-corrected chi connectivity index (χ4v) is 2.50. The highest BCUT2D eigenvalue weighted by Gasteiger charge is 2.15. The third-order valence-corrected chi connectivity index (χ3v) is 3.54. The Morgan fingerprint density at radius 2 is 1.95 bits per heavy atom. The van der Waals surface area contributed by atoms with E-state index in [1.165, 1.54) is 11.3 Å². The van der Waals surface area contributed by atoms with Crippen molar-refractivity contribution >= 4 is 17.1 Å². The van der Waals surface area contributed by atoms with Crippen LogP contribution in [0, 0.1) is 0 Å². The van der Waals surface area contributed by atoms with E-state index in [-0.39, 0.29) is 5.78 Å². The maximum absolute atomic E-state index is 12.3. The van der Waals surface area contributed by atoms with Gasteiger partial charge in [-0.25, -0.2) is 0 Å². The Hall–Kier alpha value is -1.81. The van der Waals surface area contributed by atoms with E-state index in [9.17, 15) is 4.79 Å². The lowest BCUT2D eigenvalue weighted by molar-refractivity contribution is 0.104. The van der Waals surface area contributed by atoms with Crippen molar-refractivity contribution < 1.29 is 14.3 Å². The molecule has 0 N–H and O–H groups in total. The second-order valence-electron chi connectivity index (χ2n) is 4.02. The monoisotopic (exact) mass is 276 g/mol. The molecule has 1 aromatic carbocycles. The van der Waals surface area contributed by atoms with Crippen LogP contribution >= 0.6 is 11.3 Å². The molecule has 3 nitrogen and oxygen atoms in total. The zero-order valence-electron chi connectivity index (χ0n) is 11.0. The first-order valence-corrected chi connectivity index (χ1v) is 7.03. The van der Waals surface area contributed by atoms with Gasteiger partial charge in [-0.15, -0.1) is 11.3 Å². The number of ketones is 1. The number of thiophene rings is 1. The predicted octanol–water partition coefficient (Wildman–Crippen LogP) is 3.78. The van der Waals surface area contributed by atoms with E-state index in [4.69, 9.17) is 9.47 Å². The molecule has 0 unspecified atom stereocenters. The molecule has 0 aliphatic heterocycles.